The van der Waals surface area contributed by atoms with Crippen LogP contribution in [0.5, 0.6) is 0 Å². The Kier molecular flexibility index (Phi) is 4.15. The van der Waals surface area contributed by atoms with Crippen molar-refractivity contribution in [3.8, 4) is 0 Å². The Balaban J connectivity index is 2.16. The van der Waals surface area contributed by atoms with Crippen LogP contribution in [-0.2, 0) is 13.0 Å². The maximum absolute atomic E-state index is 5.83. The van der Waals surface area contributed by atoms with Crippen molar-refractivity contribution in [3.05, 3.63) is 34.3 Å². The van der Waals surface area contributed by atoms with Crippen molar-refractivity contribution in [3.63, 3.8) is 0 Å². The van der Waals surface area contributed by atoms with Crippen LogP contribution in [-0.4, -0.2) is 17.0 Å². The smallest absolute Gasteiger partial charge is 0.134 e. The minimum absolute atomic E-state index is 0.543. The van der Waals surface area contributed by atoms with Gasteiger partial charge in [-0.15, -0.1) is 11.3 Å². The number of thiophene rings is 1. The van der Waals surface area contributed by atoms with Gasteiger partial charge in [0.05, 0.1) is 6.54 Å². The van der Waals surface area contributed by atoms with E-state index in [-0.39, 0.29) is 0 Å². The maximum atomic E-state index is 5.83. The van der Waals surface area contributed by atoms with Crippen molar-refractivity contribution < 1.29 is 0 Å². The van der Waals surface area contributed by atoms with Crippen LogP contribution >= 0.6 is 11.3 Å². The van der Waals surface area contributed by atoms with Gasteiger partial charge in [0, 0.05) is 24.4 Å². The average Bonchev–Trinajstić information content (AvgIpc) is 2.81. The van der Waals surface area contributed by atoms with Crippen molar-refractivity contribution in [1.82, 2.24) is 9.97 Å². The molecule has 0 radical (unpaired) electrons. The van der Waals surface area contributed by atoms with Crippen molar-refractivity contribution >= 4 is 23.0 Å². The Labute approximate surface area is 111 Å². The first kappa shape index (κ1) is 12.8. The highest BCUT2D eigenvalue weighted by Crippen LogP contribution is 2.18. The summed E-state index contributed by atoms with van der Waals surface area (Å²) in [7, 11) is 2.03. The van der Waals surface area contributed by atoms with Gasteiger partial charge >= 0.3 is 0 Å². The normalized spacial score (nSPS) is 10.6. The van der Waals surface area contributed by atoms with E-state index in [0.717, 1.165) is 31.0 Å². The molecular weight excluding hydrogens is 244 g/mol. The largest absolute Gasteiger partial charge is 0.384 e. The second-order valence-electron chi connectivity index (χ2n) is 4.25. The summed E-state index contributed by atoms with van der Waals surface area (Å²) >= 11 is 1.75. The third-order valence-corrected chi connectivity index (χ3v) is 3.48. The number of hydrogen-bond donors (Lipinski definition) is 1. The fourth-order valence-electron chi connectivity index (χ4n) is 1.75. The number of rotatable bonds is 5. The summed E-state index contributed by atoms with van der Waals surface area (Å²) in [5, 5.41) is 2.08. The molecule has 0 unspecified atom stereocenters. The van der Waals surface area contributed by atoms with E-state index in [9.17, 15) is 0 Å². The van der Waals surface area contributed by atoms with Crippen molar-refractivity contribution in [2.45, 2.75) is 26.3 Å². The Bertz CT molecular complexity index is 496. The molecule has 0 saturated carbocycles. The molecule has 0 amide bonds. The van der Waals surface area contributed by atoms with Gasteiger partial charge in [-0.25, -0.2) is 9.97 Å². The lowest BCUT2D eigenvalue weighted by Crippen LogP contribution is -2.18. The maximum Gasteiger partial charge on any atom is 0.134 e. The Morgan fingerprint density at radius 1 is 1.39 bits per heavy atom. The molecule has 0 saturated heterocycles. The summed E-state index contributed by atoms with van der Waals surface area (Å²) in [5.74, 6) is 2.26. The van der Waals surface area contributed by atoms with Crippen LogP contribution in [0.3, 0.4) is 0 Å². The van der Waals surface area contributed by atoms with Crippen LogP contribution in [0, 0.1) is 0 Å². The number of aromatic nitrogens is 2. The summed E-state index contributed by atoms with van der Waals surface area (Å²) in [6.45, 7) is 2.96. The van der Waals surface area contributed by atoms with Gasteiger partial charge in [-0.1, -0.05) is 13.0 Å². The van der Waals surface area contributed by atoms with Gasteiger partial charge in [0.15, 0.2) is 0 Å². The summed E-state index contributed by atoms with van der Waals surface area (Å²) in [6.07, 6.45) is 1.89. The fraction of sp³-hybridized carbons (Fsp3) is 0.385. The third kappa shape index (κ3) is 3.20. The molecule has 2 rings (SSSR count). The van der Waals surface area contributed by atoms with Gasteiger partial charge in [0.1, 0.15) is 17.5 Å². The Morgan fingerprint density at radius 3 is 2.89 bits per heavy atom. The molecule has 18 heavy (non-hydrogen) atoms. The molecule has 96 valence electrons. The second kappa shape index (κ2) is 5.82. The van der Waals surface area contributed by atoms with Gasteiger partial charge in [0.2, 0.25) is 0 Å². The lowest BCUT2D eigenvalue weighted by Gasteiger charge is -2.18. The highest BCUT2D eigenvalue weighted by molar-refractivity contribution is 7.09. The third-order valence-electron chi connectivity index (χ3n) is 2.62. The average molecular weight is 262 g/mol. The standard InChI is InChI=1S/C13H18N4S/c1-3-5-12-15-11(14)8-13(16-12)17(2)9-10-6-4-7-18-10/h4,6-8H,3,5,9H2,1-2H3,(H2,14,15,16). The summed E-state index contributed by atoms with van der Waals surface area (Å²) < 4.78 is 0. The highest BCUT2D eigenvalue weighted by Gasteiger charge is 2.08. The van der Waals surface area contributed by atoms with Crippen LogP contribution in [0.25, 0.3) is 0 Å². The zero-order valence-electron chi connectivity index (χ0n) is 10.8. The Hall–Kier alpha value is -1.62. The van der Waals surface area contributed by atoms with E-state index in [1.165, 1.54) is 4.88 Å². The van der Waals surface area contributed by atoms with Gasteiger partial charge in [-0.05, 0) is 17.9 Å². The summed E-state index contributed by atoms with van der Waals surface area (Å²) in [4.78, 5) is 12.2. The first-order valence-corrected chi connectivity index (χ1v) is 6.94. The first-order chi connectivity index (χ1) is 8.69. The number of nitrogen functional groups attached to an aromatic ring is 1. The van der Waals surface area contributed by atoms with E-state index < -0.39 is 0 Å². The summed E-state index contributed by atoms with van der Waals surface area (Å²) in [6, 6.07) is 6.01. The minimum atomic E-state index is 0.543. The molecule has 0 bridgehead atoms. The van der Waals surface area contributed by atoms with E-state index in [2.05, 4.69) is 39.3 Å². The molecule has 4 nitrogen and oxygen atoms in total. The van der Waals surface area contributed by atoms with E-state index >= 15 is 0 Å². The highest BCUT2D eigenvalue weighted by atomic mass is 32.1. The summed E-state index contributed by atoms with van der Waals surface area (Å²) in [5.41, 5.74) is 5.83. The topological polar surface area (TPSA) is 55.0 Å². The quantitative estimate of drug-likeness (QED) is 0.900. The second-order valence-corrected chi connectivity index (χ2v) is 5.28. The Morgan fingerprint density at radius 2 is 2.22 bits per heavy atom. The number of aryl methyl sites for hydroxylation is 1. The molecule has 2 aromatic heterocycles. The molecule has 2 aromatic rings. The number of anilines is 2. The fourth-order valence-corrected chi connectivity index (χ4v) is 2.51. The molecular formula is C13H18N4S. The van der Waals surface area contributed by atoms with Crippen LogP contribution < -0.4 is 10.6 Å². The molecule has 0 aliphatic carbocycles. The molecule has 0 spiro atoms. The van der Waals surface area contributed by atoms with E-state index in [0.29, 0.717) is 5.82 Å². The molecule has 2 heterocycles. The van der Waals surface area contributed by atoms with E-state index in [1.54, 1.807) is 11.3 Å². The molecule has 0 fully saturated rings. The van der Waals surface area contributed by atoms with Crippen LogP contribution in [0.15, 0.2) is 23.6 Å². The number of hydrogen-bond acceptors (Lipinski definition) is 5. The predicted molar refractivity (Wildman–Crippen MR) is 76.9 cm³/mol. The SMILES string of the molecule is CCCc1nc(N)cc(N(C)Cc2cccs2)n1. The zero-order valence-corrected chi connectivity index (χ0v) is 11.6. The molecule has 5 heteroatoms. The lowest BCUT2D eigenvalue weighted by molar-refractivity contribution is 0.817. The van der Waals surface area contributed by atoms with Crippen molar-refractivity contribution in [2.24, 2.45) is 0 Å². The van der Waals surface area contributed by atoms with E-state index in [4.69, 9.17) is 5.73 Å². The van der Waals surface area contributed by atoms with Crippen LogP contribution in [0.1, 0.15) is 24.0 Å². The molecule has 0 atom stereocenters. The van der Waals surface area contributed by atoms with Gasteiger partial charge < -0.3 is 10.6 Å². The van der Waals surface area contributed by atoms with Crippen molar-refractivity contribution in [1.29, 1.82) is 0 Å². The van der Waals surface area contributed by atoms with Gasteiger partial charge in [-0.2, -0.15) is 0 Å². The zero-order chi connectivity index (χ0) is 13.0. The molecule has 0 aromatic carbocycles. The molecule has 2 N–H and O–H groups in total. The predicted octanol–water partition coefficient (Wildman–Crippen LogP) is 2.71. The number of nitrogens with zero attached hydrogens (tertiary/aromatic N) is 3. The minimum Gasteiger partial charge on any atom is -0.384 e. The van der Waals surface area contributed by atoms with Crippen LogP contribution in [0.4, 0.5) is 11.6 Å². The van der Waals surface area contributed by atoms with E-state index in [1.807, 2.05) is 13.1 Å². The van der Waals surface area contributed by atoms with Gasteiger partial charge in [-0.3, -0.25) is 0 Å². The van der Waals surface area contributed by atoms with Crippen molar-refractivity contribution in [2.75, 3.05) is 17.7 Å². The van der Waals surface area contributed by atoms with Crippen LogP contribution in [0.2, 0.25) is 0 Å². The first-order valence-electron chi connectivity index (χ1n) is 6.06. The molecule has 0 aliphatic rings. The molecule has 0 aliphatic heterocycles. The lowest BCUT2D eigenvalue weighted by atomic mass is 10.3. The number of nitrogens with two attached hydrogens (primary N) is 1. The van der Waals surface area contributed by atoms with Gasteiger partial charge in [0.25, 0.3) is 0 Å². The monoisotopic (exact) mass is 262 g/mol.